The fourth-order valence-electron chi connectivity index (χ4n) is 2.60. The van der Waals surface area contributed by atoms with Gasteiger partial charge in [-0.3, -0.25) is 4.79 Å². The second-order valence-corrected chi connectivity index (χ2v) is 6.59. The number of carbonyl (C=O) groups excluding carboxylic acids is 1. The van der Waals surface area contributed by atoms with Crippen LogP contribution in [0, 0.1) is 11.3 Å². The maximum absolute atomic E-state index is 12.7. The Morgan fingerprint density at radius 2 is 1.73 bits per heavy atom. The van der Waals surface area contributed by atoms with Crippen molar-refractivity contribution in [3.63, 3.8) is 0 Å². The minimum atomic E-state index is -0.648. The predicted octanol–water partition coefficient (Wildman–Crippen LogP) is 4.96. The van der Waals surface area contributed by atoms with Gasteiger partial charge in [-0.15, -0.1) is 0 Å². The minimum Gasteiger partial charge on any atom is -0.495 e. The molecular weight excluding hydrogens is 431 g/mol. The highest BCUT2D eigenvalue weighted by Gasteiger charge is 2.17. The zero-order valence-electron chi connectivity index (χ0n) is 16.8. The number of amides is 1. The van der Waals surface area contributed by atoms with Crippen molar-refractivity contribution in [2.75, 3.05) is 33.3 Å². The summed E-state index contributed by atoms with van der Waals surface area (Å²) in [5.74, 6) is 0.790. The average Bonchev–Trinajstić information content (AvgIpc) is 2.72. The van der Waals surface area contributed by atoms with Crippen molar-refractivity contribution in [2.24, 2.45) is 0 Å². The van der Waals surface area contributed by atoms with E-state index >= 15 is 0 Å². The molecule has 0 aromatic heterocycles. The van der Waals surface area contributed by atoms with Crippen LogP contribution < -0.4 is 24.3 Å². The molecular formula is C21H20Cl2N2O5. The molecule has 0 spiro atoms. The minimum absolute atomic E-state index is 0.158. The fraction of sp³-hybridized carbons (Fsp3) is 0.238. The van der Waals surface area contributed by atoms with Crippen LogP contribution >= 0.6 is 23.2 Å². The molecule has 7 nitrogen and oxygen atoms in total. The van der Waals surface area contributed by atoms with Gasteiger partial charge in [0.1, 0.15) is 23.1 Å². The number of hydrogen-bond donors (Lipinski definition) is 1. The highest BCUT2D eigenvalue weighted by atomic mass is 35.5. The zero-order chi connectivity index (χ0) is 22.3. The SMILES string of the molecule is CCOc1cc(/C=C(\C#N)C(=O)Nc2cc(OC)c(Cl)cc2OC)cc(Cl)c1OC. The molecule has 158 valence electrons. The highest BCUT2D eigenvalue weighted by Crippen LogP contribution is 2.38. The Morgan fingerprint density at radius 1 is 1.03 bits per heavy atom. The Bertz CT molecular complexity index is 1020. The third-order valence-electron chi connectivity index (χ3n) is 3.93. The number of carbonyl (C=O) groups is 1. The normalized spacial score (nSPS) is 10.8. The summed E-state index contributed by atoms with van der Waals surface area (Å²) in [5.41, 5.74) is 0.638. The largest absolute Gasteiger partial charge is 0.495 e. The van der Waals surface area contributed by atoms with Gasteiger partial charge in [-0.1, -0.05) is 23.2 Å². The van der Waals surface area contributed by atoms with E-state index in [0.717, 1.165) is 0 Å². The summed E-state index contributed by atoms with van der Waals surface area (Å²) in [5, 5.41) is 12.7. The van der Waals surface area contributed by atoms with E-state index < -0.39 is 5.91 Å². The molecule has 2 rings (SSSR count). The molecule has 1 amide bonds. The van der Waals surface area contributed by atoms with Crippen LogP contribution in [0.5, 0.6) is 23.0 Å². The van der Waals surface area contributed by atoms with Gasteiger partial charge in [0.25, 0.3) is 5.91 Å². The highest BCUT2D eigenvalue weighted by molar-refractivity contribution is 6.33. The van der Waals surface area contributed by atoms with E-state index in [0.29, 0.717) is 45.9 Å². The number of nitrogens with one attached hydrogen (secondary N) is 1. The van der Waals surface area contributed by atoms with Crippen LogP contribution in [0.15, 0.2) is 29.8 Å². The summed E-state index contributed by atoms with van der Waals surface area (Å²) in [6.45, 7) is 2.21. The molecule has 2 aromatic rings. The third kappa shape index (κ3) is 5.29. The van der Waals surface area contributed by atoms with Crippen LogP contribution in [0.2, 0.25) is 10.0 Å². The van der Waals surface area contributed by atoms with Crippen molar-refractivity contribution >= 4 is 40.9 Å². The second kappa shape index (κ2) is 10.6. The molecule has 0 atom stereocenters. The van der Waals surface area contributed by atoms with Crippen molar-refractivity contribution in [1.29, 1.82) is 5.26 Å². The van der Waals surface area contributed by atoms with Crippen LogP contribution in [0.1, 0.15) is 12.5 Å². The van der Waals surface area contributed by atoms with Gasteiger partial charge in [0, 0.05) is 12.1 Å². The van der Waals surface area contributed by atoms with Crippen LogP contribution in [-0.4, -0.2) is 33.8 Å². The van der Waals surface area contributed by atoms with Gasteiger partial charge in [0.15, 0.2) is 11.5 Å². The average molecular weight is 451 g/mol. The predicted molar refractivity (Wildman–Crippen MR) is 116 cm³/mol. The Balaban J connectivity index is 2.40. The summed E-state index contributed by atoms with van der Waals surface area (Å²) in [7, 11) is 4.36. The standard InChI is InChI=1S/C21H20Cl2N2O5/c1-5-30-19-8-12(7-15(23)20(19)29-4)6-13(11-24)21(26)25-16-10-17(27-2)14(22)9-18(16)28-3/h6-10H,5H2,1-4H3,(H,25,26)/b13-6+. The fourth-order valence-corrected chi connectivity index (χ4v) is 3.12. The van der Waals surface area contributed by atoms with Gasteiger partial charge in [-0.2, -0.15) is 5.26 Å². The maximum Gasteiger partial charge on any atom is 0.266 e. The molecule has 0 aliphatic heterocycles. The molecule has 0 saturated carbocycles. The lowest BCUT2D eigenvalue weighted by atomic mass is 10.1. The monoisotopic (exact) mass is 450 g/mol. The number of nitriles is 1. The molecule has 1 N–H and O–H groups in total. The number of methoxy groups -OCH3 is 3. The van der Waals surface area contributed by atoms with Gasteiger partial charge in [-0.05, 0) is 30.7 Å². The van der Waals surface area contributed by atoms with E-state index in [1.54, 1.807) is 12.1 Å². The molecule has 9 heteroatoms. The van der Waals surface area contributed by atoms with E-state index in [9.17, 15) is 10.1 Å². The molecule has 0 heterocycles. The van der Waals surface area contributed by atoms with Gasteiger partial charge in [0.2, 0.25) is 0 Å². The smallest absolute Gasteiger partial charge is 0.266 e. The Kier molecular flexibility index (Phi) is 8.22. The molecule has 0 saturated heterocycles. The third-order valence-corrected chi connectivity index (χ3v) is 4.51. The number of halogens is 2. The van der Waals surface area contributed by atoms with Gasteiger partial charge >= 0.3 is 0 Å². The Morgan fingerprint density at radius 3 is 2.30 bits per heavy atom. The number of rotatable bonds is 8. The molecule has 0 unspecified atom stereocenters. The lowest BCUT2D eigenvalue weighted by Crippen LogP contribution is -2.14. The number of benzene rings is 2. The number of hydrogen-bond acceptors (Lipinski definition) is 6. The number of ether oxygens (including phenoxy) is 4. The van der Waals surface area contributed by atoms with Crippen LogP contribution in [0.3, 0.4) is 0 Å². The first-order valence-electron chi connectivity index (χ1n) is 8.73. The summed E-state index contributed by atoms with van der Waals surface area (Å²) < 4.78 is 21.2. The first-order chi connectivity index (χ1) is 14.4. The summed E-state index contributed by atoms with van der Waals surface area (Å²) in [4.78, 5) is 12.7. The molecule has 0 radical (unpaired) electrons. The Labute approximate surface area is 184 Å². The summed E-state index contributed by atoms with van der Waals surface area (Å²) in [6, 6.07) is 8.09. The van der Waals surface area contributed by atoms with E-state index in [2.05, 4.69) is 5.32 Å². The number of nitrogens with zero attached hydrogens (tertiary/aromatic N) is 1. The Hall–Kier alpha value is -3.08. The summed E-state index contributed by atoms with van der Waals surface area (Å²) in [6.07, 6.45) is 1.39. The van der Waals surface area contributed by atoms with Crippen molar-refractivity contribution < 1.29 is 23.7 Å². The van der Waals surface area contributed by atoms with Crippen molar-refractivity contribution in [2.45, 2.75) is 6.92 Å². The molecule has 2 aromatic carbocycles. The topological polar surface area (TPSA) is 89.8 Å². The molecule has 0 fully saturated rings. The lowest BCUT2D eigenvalue weighted by Gasteiger charge is -2.13. The first kappa shape index (κ1) is 23.2. The first-order valence-corrected chi connectivity index (χ1v) is 9.49. The van der Waals surface area contributed by atoms with Gasteiger partial charge < -0.3 is 24.3 Å². The van der Waals surface area contributed by atoms with Crippen LogP contribution in [0.25, 0.3) is 6.08 Å². The summed E-state index contributed by atoms with van der Waals surface area (Å²) >= 11 is 12.3. The maximum atomic E-state index is 12.7. The molecule has 0 aliphatic carbocycles. The van der Waals surface area contributed by atoms with E-state index in [1.165, 1.54) is 39.5 Å². The van der Waals surface area contributed by atoms with E-state index in [-0.39, 0.29) is 10.6 Å². The molecule has 0 aliphatic rings. The second-order valence-electron chi connectivity index (χ2n) is 5.78. The van der Waals surface area contributed by atoms with E-state index in [1.807, 2.05) is 13.0 Å². The van der Waals surface area contributed by atoms with Crippen LogP contribution in [0.4, 0.5) is 5.69 Å². The van der Waals surface area contributed by atoms with Crippen molar-refractivity contribution in [3.8, 4) is 29.1 Å². The van der Waals surface area contributed by atoms with Crippen molar-refractivity contribution in [3.05, 3.63) is 45.4 Å². The van der Waals surface area contributed by atoms with Crippen LogP contribution in [-0.2, 0) is 4.79 Å². The lowest BCUT2D eigenvalue weighted by molar-refractivity contribution is -0.112. The number of anilines is 1. The van der Waals surface area contributed by atoms with E-state index in [4.69, 9.17) is 42.1 Å². The van der Waals surface area contributed by atoms with Gasteiger partial charge in [0.05, 0.1) is 43.7 Å². The zero-order valence-corrected chi connectivity index (χ0v) is 18.4. The molecule has 30 heavy (non-hydrogen) atoms. The molecule has 0 bridgehead atoms. The quantitative estimate of drug-likeness (QED) is 0.451. The van der Waals surface area contributed by atoms with Gasteiger partial charge in [-0.25, -0.2) is 0 Å². The van der Waals surface area contributed by atoms with Crippen molar-refractivity contribution in [1.82, 2.24) is 0 Å².